The monoisotopic (exact) mass is 380 g/mol. The Balaban J connectivity index is 1.57. The molecule has 2 aromatic heterocycles. The van der Waals surface area contributed by atoms with Crippen LogP contribution >= 0.6 is 0 Å². The van der Waals surface area contributed by atoms with Crippen LogP contribution in [0.2, 0.25) is 0 Å². The summed E-state index contributed by atoms with van der Waals surface area (Å²) in [7, 11) is 0. The minimum atomic E-state index is -0.285. The Morgan fingerprint density at radius 1 is 0.966 bits per heavy atom. The molecule has 5 nitrogen and oxygen atoms in total. The van der Waals surface area contributed by atoms with Gasteiger partial charge in [-0.05, 0) is 47.0 Å². The van der Waals surface area contributed by atoms with Gasteiger partial charge in [0, 0.05) is 18.0 Å². The summed E-state index contributed by atoms with van der Waals surface area (Å²) < 4.78 is 1.94. The summed E-state index contributed by atoms with van der Waals surface area (Å²) in [5.74, 6) is 0.206. The molecule has 0 fully saturated rings. The number of hydrogen-bond acceptors (Lipinski definition) is 3. The molecule has 0 aliphatic carbocycles. The molecule has 142 valence electrons. The van der Waals surface area contributed by atoms with E-state index in [9.17, 15) is 4.79 Å². The van der Waals surface area contributed by atoms with Crippen LogP contribution in [0.25, 0.3) is 22.4 Å². The third-order valence-corrected chi connectivity index (χ3v) is 4.52. The molecular formula is C24H20N4O. The second kappa shape index (κ2) is 8.35. The summed E-state index contributed by atoms with van der Waals surface area (Å²) in [4.78, 5) is 15.7. The van der Waals surface area contributed by atoms with E-state index < -0.39 is 0 Å². The third kappa shape index (κ3) is 4.47. The Morgan fingerprint density at radius 3 is 2.59 bits per heavy atom. The van der Waals surface area contributed by atoms with Crippen LogP contribution in [0, 0.1) is 0 Å². The van der Waals surface area contributed by atoms with Crippen molar-refractivity contribution < 1.29 is 4.79 Å². The number of benzene rings is 2. The lowest BCUT2D eigenvalue weighted by Crippen LogP contribution is -2.08. The number of rotatable bonds is 6. The maximum absolute atomic E-state index is 11.5. The average molecular weight is 380 g/mol. The summed E-state index contributed by atoms with van der Waals surface area (Å²) in [6.45, 7) is 4.20. The van der Waals surface area contributed by atoms with E-state index in [-0.39, 0.29) is 5.91 Å². The number of nitrogens with one attached hydrogen (secondary N) is 1. The molecule has 0 spiro atoms. The number of aromatic nitrogens is 3. The molecule has 4 rings (SSSR count). The first-order valence-electron chi connectivity index (χ1n) is 9.29. The van der Waals surface area contributed by atoms with Crippen molar-refractivity contribution in [2.24, 2.45) is 0 Å². The van der Waals surface area contributed by atoms with E-state index in [2.05, 4.69) is 35.1 Å². The van der Waals surface area contributed by atoms with Crippen molar-refractivity contribution in [1.29, 1.82) is 0 Å². The highest BCUT2D eigenvalue weighted by Crippen LogP contribution is 2.26. The van der Waals surface area contributed by atoms with Crippen LogP contribution in [0.3, 0.4) is 0 Å². The number of anilines is 1. The molecule has 5 heteroatoms. The van der Waals surface area contributed by atoms with Gasteiger partial charge in [-0.3, -0.25) is 9.48 Å². The number of nitrogens with zero attached hydrogens (tertiary/aromatic N) is 3. The van der Waals surface area contributed by atoms with E-state index in [4.69, 9.17) is 5.10 Å². The Labute approximate surface area is 169 Å². The van der Waals surface area contributed by atoms with Crippen molar-refractivity contribution in [3.8, 4) is 22.4 Å². The molecule has 0 saturated heterocycles. The van der Waals surface area contributed by atoms with Gasteiger partial charge in [-0.2, -0.15) is 5.10 Å². The standard InChI is InChI=1S/C24H20N4O/c1-2-24(29)26-23-16-20(11-13-25-23)19-9-6-10-21(15-19)22-12-14-28(27-22)17-18-7-4-3-5-8-18/h2-16H,1,17H2,(H,25,26,29). The minimum Gasteiger partial charge on any atom is -0.307 e. The van der Waals surface area contributed by atoms with Gasteiger partial charge >= 0.3 is 0 Å². The van der Waals surface area contributed by atoms with E-state index in [1.807, 2.05) is 65.5 Å². The number of carbonyl (C=O) groups excluding carboxylic acids is 1. The number of hydrogen-bond donors (Lipinski definition) is 1. The number of amides is 1. The van der Waals surface area contributed by atoms with E-state index >= 15 is 0 Å². The van der Waals surface area contributed by atoms with Gasteiger partial charge in [0.15, 0.2) is 0 Å². The fraction of sp³-hybridized carbons (Fsp3) is 0.0417. The Kier molecular flexibility index (Phi) is 5.29. The van der Waals surface area contributed by atoms with Crippen molar-refractivity contribution >= 4 is 11.7 Å². The highest BCUT2D eigenvalue weighted by molar-refractivity contribution is 5.98. The van der Waals surface area contributed by atoms with Gasteiger partial charge in [-0.1, -0.05) is 55.1 Å². The first-order chi connectivity index (χ1) is 14.2. The zero-order valence-corrected chi connectivity index (χ0v) is 15.8. The fourth-order valence-electron chi connectivity index (χ4n) is 3.09. The predicted molar refractivity (Wildman–Crippen MR) is 115 cm³/mol. The largest absolute Gasteiger partial charge is 0.307 e. The molecule has 0 atom stereocenters. The van der Waals surface area contributed by atoms with Crippen LogP contribution in [-0.2, 0) is 11.3 Å². The summed E-state index contributed by atoms with van der Waals surface area (Å²) in [5.41, 5.74) is 5.14. The minimum absolute atomic E-state index is 0.285. The highest BCUT2D eigenvalue weighted by atomic mass is 16.1. The van der Waals surface area contributed by atoms with Gasteiger partial charge in [-0.15, -0.1) is 0 Å². The van der Waals surface area contributed by atoms with Crippen LogP contribution in [0.1, 0.15) is 5.56 Å². The second-order valence-corrected chi connectivity index (χ2v) is 6.59. The van der Waals surface area contributed by atoms with Crippen molar-refractivity contribution in [2.45, 2.75) is 6.54 Å². The molecule has 0 aliphatic heterocycles. The zero-order chi connectivity index (χ0) is 20.1. The molecule has 0 radical (unpaired) electrons. The van der Waals surface area contributed by atoms with E-state index in [0.29, 0.717) is 5.82 Å². The van der Waals surface area contributed by atoms with Crippen molar-refractivity contribution in [3.05, 3.63) is 103 Å². The molecule has 1 N–H and O–H groups in total. The number of pyridine rings is 1. The molecule has 2 aromatic carbocycles. The zero-order valence-electron chi connectivity index (χ0n) is 15.8. The lowest BCUT2D eigenvalue weighted by Gasteiger charge is -2.07. The summed E-state index contributed by atoms with van der Waals surface area (Å²) in [5, 5.41) is 7.41. The molecule has 0 aliphatic rings. The normalized spacial score (nSPS) is 10.5. The highest BCUT2D eigenvalue weighted by Gasteiger charge is 2.07. The maximum Gasteiger partial charge on any atom is 0.248 e. The van der Waals surface area contributed by atoms with Crippen LogP contribution < -0.4 is 5.32 Å². The first-order valence-corrected chi connectivity index (χ1v) is 9.29. The van der Waals surface area contributed by atoms with Gasteiger partial charge in [-0.25, -0.2) is 4.98 Å². The topological polar surface area (TPSA) is 59.8 Å². The maximum atomic E-state index is 11.5. The fourth-order valence-corrected chi connectivity index (χ4v) is 3.09. The predicted octanol–water partition coefficient (Wildman–Crippen LogP) is 4.78. The molecule has 0 unspecified atom stereocenters. The SMILES string of the molecule is C=CC(=O)Nc1cc(-c2cccc(-c3ccn(Cc4ccccc4)n3)c2)ccn1. The number of carbonyl (C=O) groups is 1. The van der Waals surface area contributed by atoms with Crippen LogP contribution in [0.4, 0.5) is 5.82 Å². The van der Waals surface area contributed by atoms with Crippen molar-refractivity contribution in [2.75, 3.05) is 5.32 Å². The summed E-state index contributed by atoms with van der Waals surface area (Å²) in [6.07, 6.45) is 4.89. The lowest BCUT2D eigenvalue weighted by molar-refractivity contribution is -0.111. The summed E-state index contributed by atoms with van der Waals surface area (Å²) in [6, 6.07) is 24.2. The Morgan fingerprint density at radius 2 is 1.76 bits per heavy atom. The van der Waals surface area contributed by atoms with Crippen LogP contribution in [0.15, 0.2) is 97.8 Å². The molecule has 2 heterocycles. The van der Waals surface area contributed by atoms with Gasteiger partial charge in [0.05, 0.1) is 12.2 Å². The second-order valence-electron chi connectivity index (χ2n) is 6.59. The van der Waals surface area contributed by atoms with Gasteiger partial charge < -0.3 is 5.32 Å². The average Bonchev–Trinajstić information content (AvgIpc) is 3.23. The van der Waals surface area contributed by atoms with Gasteiger partial charge in [0.25, 0.3) is 0 Å². The molecule has 0 saturated carbocycles. The van der Waals surface area contributed by atoms with E-state index in [1.165, 1.54) is 11.6 Å². The van der Waals surface area contributed by atoms with E-state index in [1.54, 1.807) is 6.20 Å². The molecule has 4 aromatic rings. The molecule has 0 bridgehead atoms. The third-order valence-electron chi connectivity index (χ3n) is 4.52. The van der Waals surface area contributed by atoms with Crippen LogP contribution in [-0.4, -0.2) is 20.7 Å². The lowest BCUT2D eigenvalue weighted by atomic mass is 10.0. The van der Waals surface area contributed by atoms with Gasteiger partial charge in [0.2, 0.25) is 5.91 Å². The molecule has 29 heavy (non-hydrogen) atoms. The Hall–Kier alpha value is -3.99. The van der Waals surface area contributed by atoms with Gasteiger partial charge in [0.1, 0.15) is 5.82 Å². The van der Waals surface area contributed by atoms with Crippen molar-refractivity contribution in [1.82, 2.24) is 14.8 Å². The van der Waals surface area contributed by atoms with Crippen molar-refractivity contribution in [3.63, 3.8) is 0 Å². The molecular weight excluding hydrogens is 360 g/mol. The molecule has 1 amide bonds. The van der Waals surface area contributed by atoms with Crippen LogP contribution in [0.5, 0.6) is 0 Å². The van der Waals surface area contributed by atoms with E-state index in [0.717, 1.165) is 28.9 Å². The first kappa shape index (κ1) is 18.4. The smallest absolute Gasteiger partial charge is 0.248 e. The summed E-state index contributed by atoms with van der Waals surface area (Å²) >= 11 is 0. The quantitative estimate of drug-likeness (QED) is 0.490. The Bertz CT molecular complexity index is 1150.